The largest absolute Gasteiger partial charge is 0.444 e. The Bertz CT molecular complexity index is 1130. The summed E-state index contributed by atoms with van der Waals surface area (Å²) in [6.07, 6.45) is 3.50. The van der Waals surface area contributed by atoms with Gasteiger partial charge in [-0.05, 0) is 33.6 Å². The number of benzene rings is 2. The first-order chi connectivity index (χ1) is 14.2. The van der Waals surface area contributed by atoms with Crippen molar-refractivity contribution in [3.05, 3.63) is 101 Å². The first kappa shape index (κ1) is 18.9. The highest BCUT2D eigenvalue weighted by Gasteiger charge is 2.12. The zero-order valence-electron chi connectivity index (χ0n) is 15.3. The second kappa shape index (κ2) is 8.70. The van der Waals surface area contributed by atoms with Crippen molar-refractivity contribution in [1.82, 2.24) is 15.2 Å². The molecule has 0 spiro atoms. The highest BCUT2D eigenvalue weighted by Crippen LogP contribution is 2.21. The molecule has 0 bridgehead atoms. The van der Waals surface area contributed by atoms with Gasteiger partial charge < -0.3 is 4.42 Å². The van der Waals surface area contributed by atoms with Crippen molar-refractivity contribution < 1.29 is 9.21 Å². The molecule has 6 nitrogen and oxygen atoms in total. The minimum Gasteiger partial charge on any atom is -0.444 e. The van der Waals surface area contributed by atoms with Crippen molar-refractivity contribution in [3.63, 3.8) is 0 Å². The topological polar surface area (TPSA) is 72.4 Å². The molecule has 144 valence electrons. The van der Waals surface area contributed by atoms with Crippen LogP contribution in [0.1, 0.15) is 21.7 Å². The van der Waals surface area contributed by atoms with Gasteiger partial charge in [0.05, 0.1) is 12.8 Å². The number of aromatic nitrogens is 2. The van der Waals surface area contributed by atoms with Gasteiger partial charge in [-0.2, -0.15) is 10.2 Å². The van der Waals surface area contributed by atoms with Crippen LogP contribution >= 0.6 is 15.9 Å². The van der Waals surface area contributed by atoms with Crippen molar-refractivity contribution in [2.75, 3.05) is 0 Å². The molecule has 1 amide bonds. The number of amides is 1. The predicted molar refractivity (Wildman–Crippen MR) is 115 cm³/mol. The Morgan fingerprint density at radius 2 is 1.79 bits per heavy atom. The molecule has 2 aromatic heterocycles. The first-order valence-electron chi connectivity index (χ1n) is 8.94. The van der Waals surface area contributed by atoms with Crippen molar-refractivity contribution in [1.29, 1.82) is 0 Å². The van der Waals surface area contributed by atoms with Crippen LogP contribution in [0.15, 0.2) is 93.2 Å². The number of nitrogens with zero attached hydrogens (tertiary/aromatic N) is 3. The molecule has 1 N–H and O–H groups in total. The smallest absolute Gasteiger partial charge is 0.307 e. The molecule has 0 radical (unpaired) electrons. The summed E-state index contributed by atoms with van der Waals surface area (Å²) in [4.78, 5) is 12.1. The van der Waals surface area contributed by atoms with E-state index in [0.717, 1.165) is 22.4 Å². The zero-order chi connectivity index (χ0) is 20.1. The summed E-state index contributed by atoms with van der Waals surface area (Å²) in [5.41, 5.74) is 6.19. The maximum Gasteiger partial charge on any atom is 0.307 e. The van der Waals surface area contributed by atoms with Gasteiger partial charge in [-0.1, -0.05) is 60.7 Å². The number of rotatable bonds is 6. The lowest BCUT2D eigenvalue weighted by Gasteiger charge is -2.01. The number of hydrogen-bond acceptors (Lipinski definition) is 4. The number of carbonyl (C=O) groups excluding carboxylic acids is 1. The molecule has 2 heterocycles. The van der Waals surface area contributed by atoms with Gasteiger partial charge in [0.2, 0.25) is 0 Å². The lowest BCUT2D eigenvalue weighted by molar-refractivity contribution is 0.0926. The summed E-state index contributed by atoms with van der Waals surface area (Å²) in [6, 6.07) is 23.2. The highest BCUT2D eigenvalue weighted by molar-refractivity contribution is 9.10. The van der Waals surface area contributed by atoms with E-state index in [1.54, 1.807) is 18.3 Å². The summed E-state index contributed by atoms with van der Waals surface area (Å²) in [5.74, 6) is -0.248. The van der Waals surface area contributed by atoms with Crippen molar-refractivity contribution in [2.45, 2.75) is 6.54 Å². The van der Waals surface area contributed by atoms with Gasteiger partial charge in [0.15, 0.2) is 10.4 Å². The third kappa shape index (κ3) is 4.70. The molecule has 0 fully saturated rings. The van der Waals surface area contributed by atoms with E-state index in [2.05, 4.69) is 38.6 Å². The Hall–Kier alpha value is -3.45. The summed E-state index contributed by atoms with van der Waals surface area (Å²) in [5, 5.41) is 8.80. The molecular weight excluding hydrogens is 432 g/mol. The third-order valence-electron chi connectivity index (χ3n) is 4.19. The lowest BCUT2D eigenvalue weighted by Crippen LogP contribution is -2.16. The van der Waals surface area contributed by atoms with Crippen LogP contribution in [-0.4, -0.2) is 21.9 Å². The standard InChI is InChI=1S/C22H17BrN4O2/c23-20-12-11-19(29-20)22(28)25-24-13-18-15-27(14-16-7-3-1-4-8-16)26-21(18)17-9-5-2-6-10-17/h1-13,15H,14H2,(H,25,28). The van der Waals surface area contributed by atoms with Crippen LogP contribution in [0.2, 0.25) is 0 Å². The number of nitrogens with one attached hydrogen (secondary N) is 1. The molecule has 2 aromatic carbocycles. The van der Waals surface area contributed by atoms with E-state index in [1.165, 1.54) is 0 Å². The predicted octanol–water partition coefficient (Wildman–Crippen LogP) is 4.72. The highest BCUT2D eigenvalue weighted by atomic mass is 79.9. The van der Waals surface area contributed by atoms with E-state index in [0.29, 0.717) is 11.2 Å². The van der Waals surface area contributed by atoms with Gasteiger partial charge in [0.1, 0.15) is 5.69 Å². The Kier molecular flexibility index (Phi) is 5.67. The van der Waals surface area contributed by atoms with E-state index in [9.17, 15) is 4.79 Å². The Balaban J connectivity index is 1.57. The number of hydrogen-bond donors (Lipinski definition) is 1. The van der Waals surface area contributed by atoms with E-state index >= 15 is 0 Å². The molecule has 29 heavy (non-hydrogen) atoms. The Morgan fingerprint density at radius 1 is 1.07 bits per heavy atom. The van der Waals surface area contributed by atoms with Crippen molar-refractivity contribution in [2.24, 2.45) is 5.10 Å². The molecule has 0 atom stereocenters. The average molecular weight is 449 g/mol. The van der Waals surface area contributed by atoms with E-state index in [4.69, 9.17) is 9.52 Å². The second-order valence-corrected chi connectivity index (χ2v) is 7.07. The first-order valence-corrected chi connectivity index (χ1v) is 9.74. The van der Waals surface area contributed by atoms with E-state index in [1.807, 2.05) is 59.4 Å². The van der Waals surface area contributed by atoms with Gasteiger partial charge in [-0.15, -0.1) is 0 Å². The fraction of sp³-hybridized carbons (Fsp3) is 0.0455. The maximum absolute atomic E-state index is 12.1. The molecule has 4 rings (SSSR count). The SMILES string of the molecule is O=C(NN=Cc1cn(Cc2ccccc2)nc1-c1ccccc1)c1ccc(Br)o1. The van der Waals surface area contributed by atoms with Crippen LogP contribution in [0.3, 0.4) is 0 Å². The van der Waals surface area contributed by atoms with Gasteiger partial charge in [-0.25, -0.2) is 5.43 Å². The number of furan rings is 1. The van der Waals surface area contributed by atoms with Crippen LogP contribution in [0.5, 0.6) is 0 Å². The van der Waals surface area contributed by atoms with Crippen LogP contribution in [-0.2, 0) is 6.54 Å². The average Bonchev–Trinajstić information content (AvgIpc) is 3.36. The minimum atomic E-state index is -0.426. The quantitative estimate of drug-likeness (QED) is 0.342. The molecule has 0 unspecified atom stereocenters. The van der Waals surface area contributed by atoms with E-state index in [-0.39, 0.29) is 5.76 Å². The summed E-state index contributed by atoms with van der Waals surface area (Å²) in [7, 11) is 0. The fourth-order valence-electron chi connectivity index (χ4n) is 2.85. The molecule has 0 saturated carbocycles. The molecule has 0 aliphatic carbocycles. The van der Waals surface area contributed by atoms with Crippen LogP contribution < -0.4 is 5.43 Å². The second-order valence-electron chi connectivity index (χ2n) is 6.29. The monoisotopic (exact) mass is 448 g/mol. The van der Waals surface area contributed by atoms with Gasteiger partial charge in [0.25, 0.3) is 0 Å². The van der Waals surface area contributed by atoms with Gasteiger partial charge >= 0.3 is 5.91 Å². The maximum atomic E-state index is 12.1. The molecule has 0 saturated heterocycles. The molecule has 4 aromatic rings. The summed E-state index contributed by atoms with van der Waals surface area (Å²) < 4.78 is 7.58. The Labute approximate surface area is 176 Å². The molecule has 0 aliphatic rings. The lowest BCUT2D eigenvalue weighted by atomic mass is 10.1. The molecule has 7 heteroatoms. The number of hydrazone groups is 1. The van der Waals surface area contributed by atoms with Crippen LogP contribution in [0.4, 0.5) is 0 Å². The van der Waals surface area contributed by atoms with Crippen LogP contribution in [0, 0.1) is 0 Å². The normalized spacial score (nSPS) is 11.1. The zero-order valence-corrected chi connectivity index (χ0v) is 16.9. The van der Waals surface area contributed by atoms with Gasteiger partial charge in [-0.3, -0.25) is 9.48 Å². The fourth-order valence-corrected chi connectivity index (χ4v) is 3.16. The summed E-state index contributed by atoms with van der Waals surface area (Å²) in [6.45, 7) is 0.640. The van der Waals surface area contributed by atoms with Crippen molar-refractivity contribution in [3.8, 4) is 11.3 Å². The van der Waals surface area contributed by atoms with Crippen molar-refractivity contribution >= 4 is 28.1 Å². The molecular formula is C22H17BrN4O2. The summed E-state index contributed by atoms with van der Waals surface area (Å²) >= 11 is 3.17. The van der Waals surface area contributed by atoms with E-state index < -0.39 is 5.91 Å². The Morgan fingerprint density at radius 3 is 2.48 bits per heavy atom. The third-order valence-corrected chi connectivity index (χ3v) is 4.62. The number of halogens is 1. The van der Waals surface area contributed by atoms with Crippen LogP contribution in [0.25, 0.3) is 11.3 Å². The minimum absolute atomic E-state index is 0.178. The number of carbonyl (C=O) groups is 1. The van der Waals surface area contributed by atoms with Gasteiger partial charge in [0, 0.05) is 17.3 Å². The molecule has 0 aliphatic heterocycles.